The van der Waals surface area contributed by atoms with Gasteiger partial charge in [-0.2, -0.15) is 13.2 Å². The third-order valence-electron chi connectivity index (χ3n) is 3.61. The fourth-order valence-electron chi connectivity index (χ4n) is 2.67. The summed E-state index contributed by atoms with van der Waals surface area (Å²) >= 11 is 5.73. The lowest BCUT2D eigenvalue weighted by Crippen LogP contribution is -2.37. The van der Waals surface area contributed by atoms with E-state index in [-0.39, 0.29) is 5.02 Å². The smallest absolute Gasteiger partial charge is 0.367 e. The van der Waals surface area contributed by atoms with Gasteiger partial charge in [-0.3, -0.25) is 0 Å². The van der Waals surface area contributed by atoms with Crippen molar-refractivity contribution in [2.75, 3.05) is 13.2 Å². The summed E-state index contributed by atoms with van der Waals surface area (Å²) in [5.41, 5.74) is -0.587. The number of fused-ring (bicyclic) bond motifs is 2. The molecular weight excluding hydrogens is 267 g/mol. The lowest BCUT2D eigenvalue weighted by Gasteiger charge is -2.27. The maximum atomic E-state index is 12.6. The van der Waals surface area contributed by atoms with E-state index in [9.17, 15) is 13.2 Å². The lowest BCUT2D eigenvalue weighted by molar-refractivity contribution is -0.137. The van der Waals surface area contributed by atoms with E-state index in [0.717, 1.165) is 12.5 Å². The minimum absolute atomic E-state index is 0.270. The second-order valence-corrected chi connectivity index (χ2v) is 5.19. The third kappa shape index (κ3) is 1.81. The molecule has 1 aromatic carbocycles. The highest BCUT2D eigenvalue weighted by Gasteiger charge is 2.48. The van der Waals surface area contributed by atoms with Crippen molar-refractivity contribution < 1.29 is 17.9 Å². The molecular formula is C12H11ClF3NO. The third-order valence-corrected chi connectivity index (χ3v) is 3.93. The van der Waals surface area contributed by atoms with E-state index in [2.05, 4.69) is 5.32 Å². The first-order chi connectivity index (χ1) is 8.41. The number of nitrogens with one attached hydrogen (secondary N) is 1. The molecule has 2 aliphatic rings. The summed E-state index contributed by atoms with van der Waals surface area (Å²) in [5, 5.41) is 3.00. The molecule has 2 fully saturated rings. The number of benzene rings is 1. The Labute approximate surface area is 107 Å². The molecule has 18 heavy (non-hydrogen) atoms. The van der Waals surface area contributed by atoms with Crippen LogP contribution in [0.5, 0.6) is 0 Å². The normalized spacial score (nSPS) is 31.0. The van der Waals surface area contributed by atoms with Crippen LogP contribution in [0.2, 0.25) is 5.02 Å². The molecule has 2 atom stereocenters. The standard InChI is InChI=1S/C12H11ClF3NO/c13-10-3-7(1-2-9(10)12(14,15)16)11-4-8(5-18-11)17-6-11/h1-3,8,17H,4-6H2. The monoisotopic (exact) mass is 277 g/mol. The first kappa shape index (κ1) is 12.3. The van der Waals surface area contributed by atoms with Gasteiger partial charge in [0, 0.05) is 12.6 Å². The first-order valence-corrected chi connectivity index (χ1v) is 6.03. The van der Waals surface area contributed by atoms with Crippen molar-refractivity contribution in [3.05, 3.63) is 34.3 Å². The number of hydrogen-bond acceptors (Lipinski definition) is 2. The van der Waals surface area contributed by atoms with Crippen molar-refractivity contribution in [2.24, 2.45) is 0 Å². The van der Waals surface area contributed by atoms with Crippen LogP contribution in [0.4, 0.5) is 13.2 Å². The van der Waals surface area contributed by atoms with Gasteiger partial charge in [0.25, 0.3) is 0 Å². The van der Waals surface area contributed by atoms with Gasteiger partial charge >= 0.3 is 6.18 Å². The van der Waals surface area contributed by atoms with Gasteiger partial charge in [-0.05, 0) is 24.1 Å². The summed E-state index contributed by atoms with van der Waals surface area (Å²) in [6.45, 7) is 1.22. The van der Waals surface area contributed by atoms with E-state index >= 15 is 0 Å². The van der Waals surface area contributed by atoms with Crippen LogP contribution in [0.25, 0.3) is 0 Å². The Morgan fingerprint density at radius 2 is 2.17 bits per heavy atom. The van der Waals surface area contributed by atoms with Gasteiger partial charge < -0.3 is 10.1 Å². The van der Waals surface area contributed by atoms with Crippen LogP contribution < -0.4 is 5.32 Å². The average Bonchev–Trinajstić information content (AvgIpc) is 2.88. The van der Waals surface area contributed by atoms with E-state index in [1.54, 1.807) is 0 Å². The summed E-state index contributed by atoms with van der Waals surface area (Å²) in [4.78, 5) is 0. The zero-order chi connectivity index (χ0) is 13.0. The van der Waals surface area contributed by atoms with E-state index < -0.39 is 17.3 Å². The number of hydrogen-bond donors (Lipinski definition) is 1. The van der Waals surface area contributed by atoms with Gasteiger partial charge in [-0.1, -0.05) is 17.7 Å². The van der Waals surface area contributed by atoms with Crippen molar-refractivity contribution in [1.82, 2.24) is 5.32 Å². The van der Waals surface area contributed by atoms with E-state index in [1.807, 2.05) is 0 Å². The van der Waals surface area contributed by atoms with Gasteiger partial charge in [0.05, 0.1) is 17.2 Å². The minimum atomic E-state index is -4.42. The molecule has 1 aromatic rings. The van der Waals surface area contributed by atoms with E-state index in [0.29, 0.717) is 24.8 Å². The van der Waals surface area contributed by atoms with Gasteiger partial charge in [-0.25, -0.2) is 0 Å². The number of ether oxygens (including phenoxy) is 1. The molecule has 2 bridgehead atoms. The molecule has 0 aromatic heterocycles. The topological polar surface area (TPSA) is 21.3 Å². The van der Waals surface area contributed by atoms with Crippen molar-refractivity contribution in [3.63, 3.8) is 0 Å². The van der Waals surface area contributed by atoms with Crippen LogP contribution in [-0.4, -0.2) is 19.2 Å². The predicted octanol–water partition coefficient (Wildman–Crippen LogP) is 2.95. The lowest BCUT2D eigenvalue weighted by atomic mass is 9.92. The molecule has 0 amide bonds. The summed E-state index contributed by atoms with van der Waals surface area (Å²) in [6, 6.07) is 4.16. The van der Waals surface area contributed by atoms with Crippen LogP contribution in [0.15, 0.2) is 18.2 Å². The quantitative estimate of drug-likeness (QED) is 0.852. The Balaban J connectivity index is 1.98. The van der Waals surface area contributed by atoms with Gasteiger partial charge in [0.15, 0.2) is 0 Å². The number of morpholine rings is 1. The fraction of sp³-hybridized carbons (Fsp3) is 0.500. The SMILES string of the molecule is FC(F)(F)c1ccc(C23CNC(CO2)C3)cc1Cl. The Hall–Kier alpha value is -0.780. The molecule has 2 aliphatic heterocycles. The number of halogens is 4. The zero-order valence-corrected chi connectivity index (χ0v) is 10.1. The van der Waals surface area contributed by atoms with Crippen molar-refractivity contribution in [1.29, 1.82) is 0 Å². The second-order valence-electron chi connectivity index (χ2n) is 4.78. The largest absolute Gasteiger partial charge is 0.417 e. The van der Waals surface area contributed by atoms with Gasteiger partial charge in [-0.15, -0.1) is 0 Å². The van der Waals surface area contributed by atoms with Gasteiger partial charge in [0.2, 0.25) is 0 Å². The molecule has 1 N–H and O–H groups in total. The highest BCUT2D eigenvalue weighted by atomic mass is 35.5. The molecule has 0 spiro atoms. The molecule has 0 aliphatic carbocycles. The molecule has 3 rings (SSSR count). The van der Waals surface area contributed by atoms with Gasteiger partial charge in [0.1, 0.15) is 5.60 Å². The Morgan fingerprint density at radius 1 is 1.39 bits per heavy atom. The molecule has 2 nitrogen and oxygen atoms in total. The molecule has 6 heteroatoms. The average molecular weight is 278 g/mol. The maximum absolute atomic E-state index is 12.6. The summed E-state index contributed by atoms with van der Waals surface area (Å²) in [5.74, 6) is 0. The Kier molecular flexibility index (Phi) is 2.63. The molecule has 0 saturated carbocycles. The maximum Gasteiger partial charge on any atom is 0.417 e. The van der Waals surface area contributed by atoms with Crippen LogP contribution >= 0.6 is 11.6 Å². The van der Waals surface area contributed by atoms with E-state index in [4.69, 9.17) is 16.3 Å². The van der Waals surface area contributed by atoms with Crippen LogP contribution in [0.1, 0.15) is 17.5 Å². The van der Waals surface area contributed by atoms with Crippen LogP contribution in [0.3, 0.4) is 0 Å². The van der Waals surface area contributed by atoms with E-state index in [1.165, 1.54) is 12.1 Å². The fourth-order valence-corrected chi connectivity index (χ4v) is 2.96. The molecule has 98 valence electrons. The predicted molar refractivity (Wildman–Crippen MR) is 60.5 cm³/mol. The molecule has 0 radical (unpaired) electrons. The highest BCUT2D eigenvalue weighted by Crippen LogP contribution is 2.43. The van der Waals surface area contributed by atoms with Crippen molar-refractivity contribution >= 4 is 11.6 Å². The Bertz CT molecular complexity index is 481. The highest BCUT2D eigenvalue weighted by molar-refractivity contribution is 6.31. The minimum Gasteiger partial charge on any atom is -0.367 e. The molecule has 2 heterocycles. The summed E-state index contributed by atoms with van der Waals surface area (Å²) in [7, 11) is 0. The Morgan fingerprint density at radius 3 is 2.61 bits per heavy atom. The second kappa shape index (κ2) is 3.85. The number of rotatable bonds is 1. The number of alkyl halides is 3. The first-order valence-electron chi connectivity index (χ1n) is 5.65. The van der Waals surface area contributed by atoms with Crippen molar-refractivity contribution in [2.45, 2.75) is 24.2 Å². The molecule has 2 saturated heterocycles. The summed E-state index contributed by atoms with van der Waals surface area (Å²) < 4.78 is 43.5. The molecule has 2 unspecified atom stereocenters. The summed E-state index contributed by atoms with van der Waals surface area (Å²) in [6.07, 6.45) is -3.63. The van der Waals surface area contributed by atoms with Crippen LogP contribution in [0, 0.1) is 0 Å². The zero-order valence-electron chi connectivity index (χ0n) is 9.35. The van der Waals surface area contributed by atoms with Crippen LogP contribution in [-0.2, 0) is 16.5 Å². The van der Waals surface area contributed by atoms with Crippen molar-refractivity contribution in [3.8, 4) is 0 Å².